The van der Waals surface area contributed by atoms with Gasteiger partial charge in [0.05, 0.1) is 5.41 Å². The van der Waals surface area contributed by atoms with E-state index >= 15 is 0 Å². The number of carbonyl (C=O) groups excluding carboxylic acids is 1. The van der Waals surface area contributed by atoms with Crippen molar-refractivity contribution in [3.8, 4) is 0 Å². The van der Waals surface area contributed by atoms with Crippen molar-refractivity contribution in [2.24, 2.45) is 17.1 Å². The molecule has 1 amide bonds. The van der Waals surface area contributed by atoms with E-state index in [0.29, 0.717) is 12.5 Å². The standard InChI is InChI=1S/C15H31N3O.2ClH/c1-5-15(6-2,12-16)14(19)18-9-7-17(8-10-18)11-13(3)4;;/h13H,5-12,16H2,1-4H3;2*1H. The van der Waals surface area contributed by atoms with Gasteiger partial charge in [-0.05, 0) is 18.8 Å². The lowest BCUT2D eigenvalue weighted by atomic mass is 9.81. The van der Waals surface area contributed by atoms with Gasteiger partial charge in [-0.2, -0.15) is 0 Å². The van der Waals surface area contributed by atoms with Gasteiger partial charge in [-0.15, -0.1) is 24.8 Å². The van der Waals surface area contributed by atoms with Gasteiger partial charge in [-0.25, -0.2) is 0 Å². The van der Waals surface area contributed by atoms with Crippen molar-refractivity contribution < 1.29 is 4.79 Å². The summed E-state index contributed by atoms with van der Waals surface area (Å²) in [5.74, 6) is 0.959. The van der Waals surface area contributed by atoms with Crippen LogP contribution in [0.3, 0.4) is 0 Å². The molecule has 0 spiro atoms. The van der Waals surface area contributed by atoms with Crippen LogP contribution >= 0.6 is 24.8 Å². The van der Waals surface area contributed by atoms with Crippen LogP contribution in [-0.2, 0) is 4.79 Å². The minimum absolute atomic E-state index is 0. The van der Waals surface area contributed by atoms with Crippen LogP contribution in [0.4, 0.5) is 0 Å². The third-order valence-electron chi connectivity index (χ3n) is 4.48. The van der Waals surface area contributed by atoms with Crippen molar-refractivity contribution in [1.29, 1.82) is 0 Å². The first kappa shape index (κ1) is 23.2. The molecule has 1 fully saturated rings. The fourth-order valence-corrected chi connectivity index (χ4v) is 2.91. The van der Waals surface area contributed by atoms with Crippen LogP contribution in [0.25, 0.3) is 0 Å². The molecule has 6 heteroatoms. The fraction of sp³-hybridized carbons (Fsp3) is 0.933. The van der Waals surface area contributed by atoms with E-state index in [0.717, 1.165) is 45.6 Å². The summed E-state index contributed by atoms with van der Waals surface area (Å²) in [5, 5.41) is 0. The van der Waals surface area contributed by atoms with Crippen molar-refractivity contribution >= 4 is 30.7 Å². The zero-order chi connectivity index (χ0) is 14.5. The third-order valence-corrected chi connectivity index (χ3v) is 4.48. The number of amides is 1. The summed E-state index contributed by atoms with van der Waals surface area (Å²) < 4.78 is 0. The second-order valence-corrected chi connectivity index (χ2v) is 6.18. The Hall–Kier alpha value is -0.0300. The number of nitrogens with two attached hydrogens (primary N) is 1. The van der Waals surface area contributed by atoms with Gasteiger partial charge in [0.15, 0.2) is 0 Å². The van der Waals surface area contributed by atoms with Crippen LogP contribution in [0.5, 0.6) is 0 Å². The Morgan fingerprint density at radius 1 is 1.10 bits per heavy atom. The molecule has 0 unspecified atom stereocenters. The first-order chi connectivity index (χ1) is 8.99. The summed E-state index contributed by atoms with van der Waals surface area (Å²) >= 11 is 0. The van der Waals surface area contributed by atoms with Crippen LogP contribution in [-0.4, -0.2) is 55.0 Å². The molecule has 0 saturated carbocycles. The molecule has 0 bridgehead atoms. The van der Waals surface area contributed by atoms with E-state index in [1.165, 1.54) is 0 Å². The molecule has 0 radical (unpaired) electrons. The van der Waals surface area contributed by atoms with Gasteiger partial charge in [-0.1, -0.05) is 27.7 Å². The van der Waals surface area contributed by atoms with E-state index in [9.17, 15) is 4.79 Å². The first-order valence-electron chi connectivity index (χ1n) is 7.70. The zero-order valence-corrected chi connectivity index (χ0v) is 15.6. The van der Waals surface area contributed by atoms with E-state index in [4.69, 9.17) is 5.73 Å². The lowest BCUT2D eigenvalue weighted by molar-refractivity contribution is -0.144. The molecule has 128 valence electrons. The molecule has 21 heavy (non-hydrogen) atoms. The number of hydrogen-bond donors (Lipinski definition) is 1. The smallest absolute Gasteiger partial charge is 0.230 e. The molecule has 0 aromatic rings. The topological polar surface area (TPSA) is 49.6 Å². The van der Waals surface area contributed by atoms with Gasteiger partial charge in [0.2, 0.25) is 5.91 Å². The number of piperazine rings is 1. The molecule has 0 atom stereocenters. The van der Waals surface area contributed by atoms with Crippen molar-refractivity contribution in [1.82, 2.24) is 9.80 Å². The maximum absolute atomic E-state index is 12.7. The lowest BCUT2D eigenvalue weighted by Gasteiger charge is -2.40. The van der Waals surface area contributed by atoms with Crippen molar-refractivity contribution in [2.45, 2.75) is 40.5 Å². The lowest BCUT2D eigenvalue weighted by Crippen LogP contribution is -2.55. The van der Waals surface area contributed by atoms with Crippen LogP contribution in [0, 0.1) is 11.3 Å². The molecular formula is C15H33Cl2N3O. The maximum atomic E-state index is 12.7. The highest BCUT2D eigenvalue weighted by molar-refractivity contribution is 5.85. The van der Waals surface area contributed by atoms with Gasteiger partial charge in [-0.3, -0.25) is 9.69 Å². The molecular weight excluding hydrogens is 309 g/mol. The number of carbonyl (C=O) groups is 1. The average molecular weight is 342 g/mol. The summed E-state index contributed by atoms with van der Waals surface area (Å²) in [7, 11) is 0. The van der Waals surface area contributed by atoms with Crippen LogP contribution in [0.2, 0.25) is 0 Å². The van der Waals surface area contributed by atoms with Crippen molar-refractivity contribution in [3.05, 3.63) is 0 Å². The minimum Gasteiger partial charge on any atom is -0.340 e. The summed E-state index contributed by atoms with van der Waals surface area (Å²) in [6.07, 6.45) is 1.68. The van der Waals surface area contributed by atoms with Crippen LogP contribution in [0.15, 0.2) is 0 Å². The molecule has 2 N–H and O–H groups in total. The van der Waals surface area contributed by atoms with Gasteiger partial charge in [0.1, 0.15) is 0 Å². The fourth-order valence-electron chi connectivity index (χ4n) is 2.91. The molecule has 0 aliphatic carbocycles. The normalized spacial score (nSPS) is 16.4. The van der Waals surface area contributed by atoms with Gasteiger partial charge in [0.25, 0.3) is 0 Å². The van der Waals surface area contributed by atoms with Crippen molar-refractivity contribution in [3.63, 3.8) is 0 Å². The summed E-state index contributed by atoms with van der Waals surface area (Å²) in [6.45, 7) is 13.9. The Bertz CT molecular complexity index is 280. The Labute approximate surface area is 142 Å². The van der Waals surface area contributed by atoms with Crippen molar-refractivity contribution in [2.75, 3.05) is 39.3 Å². The summed E-state index contributed by atoms with van der Waals surface area (Å²) in [6, 6.07) is 0. The first-order valence-corrected chi connectivity index (χ1v) is 7.70. The molecule has 0 aromatic carbocycles. The number of nitrogens with zero attached hydrogens (tertiary/aromatic N) is 2. The molecule has 1 rings (SSSR count). The van der Waals surface area contributed by atoms with E-state index in [2.05, 4.69) is 32.6 Å². The molecule has 1 aliphatic rings. The SMILES string of the molecule is CCC(CC)(CN)C(=O)N1CCN(CC(C)C)CC1.Cl.Cl. The van der Waals surface area contributed by atoms with Gasteiger partial charge < -0.3 is 10.6 Å². The predicted molar refractivity (Wildman–Crippen MR) is 94.4 cm³/mol. The molecule has 4 nitrogen and oxygen atoms in total. The second-order valence-electron chi connectivity index (χ2n) is 6.18. The van der Waals surface area contributed by atoms with E-state index in [1.54, 1.807) is 0 Å². The van der Waals surface area contributed by atoms with Gasteiger partial charge >= 0.3 is 0 Å². The number of halogens is 2. The van der Waals surface area contributed by atoms with Crippen LogP contribution in [0.1, 0.15) is 40.5 Å². The Morgan fingerprint density at radius 3 is 1.90 bits per heavy atom. The van der Waals surface area contributed by atoms with Crippen LogP contribution < -0.4 is 5.73 Å². The number of hydrogen-bond acceptors (Lipinski definition) is 3. The largest absolute Gasteiger partial charge is 0.340 e. The van der Waals surface area contributed by atoms with E-state index in [-0.39, 0.29) is 36.1 Å². The van der Waals surface area contributed by atoms with Gasteiger partial charge in [0, 0.05) is 39.3 Å². The monoisotopic (exact) mass is 341 g/mol. The highest BCUT2D eigenvalue weighted by Gasteiger charge is 2.37. The quantitative estimate of drug-likeness (QED) is 0.806. The van der Waals surface area contributed by atoms with E-state index < -0.39 is 0 Å². The predicted octanol–water partition coefficient (Wildman–Crippen LogP) is 2.40. The Balaban J connectivity index is 0. The average Bonchev–Trinajstić information content (AvgIpc) is 2.41. The highest BCUT2D eigenvalue weighted by Crippen LogP contribution is 2.28. The maximum Gasteiger partial charge on any atom is 0.230 e. The Kier molecular flexibility index (Phi) is 11.8. The summed E-state index contributed by atoms with van der Waals surface area (Å²) in [4.78, 5) is 17.1. The molecule has 1 heterocycles. The Morgan fingerprint density at radius 2 is 1.57 bits per heavy atom. The third kappa shape index (κ3) is 5.93. The van der Waals surface area contributed by atoms with E-state index in [1.807, 2.05) is 4.90 Å². The highest BCUT2D eigenvalue weighted by atomic mass is 35.5. The minimum atomic E-state index is -0.333. The second kappa shape index (κ2) is 10.7. The molecule has 0 aromatic heterocycles. The molecule has 1 saturated heterocycles. The molecule has 1 aliphatic heterocycles. The summed E-state index contributed by atoms with van der Waals surface area (Å²) in [5.41, 5.74) is 5.54. The number of rotatable bonds is 6. The zero-order valence-electron chi connectivity index (χ0n) is 13.9.